The molecule has 0 spiro atoms. The molecule has 8 rings (SSSR count). The fraction of sp³-hybridized carbons (Fsp3) is 0.621. The van der Waals surface area contributed by atoms with Crippen molar-refractivity contribution in [3.63, 3.8) is 0 Å². The largest absolute Gasteiger partial charge is 0.425 e. The van der Waals surface area contributed by atoms with Crippen molar-refractivity contribution in [3.05, 3.63) is 36.4 Å². The summed E-state index contributed by atoms with van der Waals surface area (Å²) in [6, 6.07) is 13.2. The first-order chi connectivity index (χ1) is 15.7. The molecular formula is C29H35O2S+. The van der Waals surface area contributed by atoms with Gasteiger partial charge >= 0.3 is 5.97 Å². The Morgan fingerprint density at radius 3 is 1.94 bits per heavy atom. The van der Waals surface area contributed by atoms with Gasteiger partial charge in [-0.15, -0.1) is 0 Å². The van der Waals surface area contributed by atoms with Crippen LogP contribution in [-0.2, 0) is 15.7 Å². The Morgan fingerprint density at radius 1 is 0.781 bits per heavy atom. The number of carbonyl (C=O) groups is 1. The summed E-state index contributed by atoms with van der Waals surface area (Å²) in [5, 5.41) is 4.22. The lowest BCUT2D eigenvalue weighted by Crippen LogP contribution is -2.51. The van der Waals surface area contributed by atoms with E-state index in [9.17, 15) is 4.79 Å². The van der Waals surface area contributed by atoms with E-state index < -0.39 is 0 Å². The summed E-state index contributed by atoms with van der Waals surface area (Å²) >= 11 is 0. The Hall–Kier alpha value is -1.48. The third kappa shape index (κ3) is 3.10. The molecule has 0 radical (unpaired) electrons. The van der Waals surface area contributed by atoms with Gasteiger partial charge in [0.05, 0.1) is 5.41 Å². The highest BCUT2D eigenvalue weighted by Crippen LogP contribution is 2.60. The van der Waals surface area contributed by atoms with Gasteiger partial charge < -0.3 is 4.74 Å². The van der Waals surface area contributed by atoms with E-state index in [1.807, 2.05) is 0 Å². The summed E-state index contributed by atoms with van der Waals surface area (Å²) < 4.78 is 6.31. The van der Waals surface area contributed by atoms with Crippen LogP contribution >= 0.6 is 0 Å². The van der Waals surface area contributed by atoms with Gasteiger partial charge in [0.15, 0.2) is 4.90 Å². The standard InChI is InChI=1S/C29H35O2S/c30-28(29-16-19-13-20(17-29)15-21(14-19)18-29)31-26-11-12-27(25-10-2-1-9-24(25)26)32-22-5-3-6-23(32)8-4-7-22/h1-2,9-12,19-23H,3-8,13-18H2/q+1. The van der Waals surface area contributed by atoms with Gasteiger partial charge in [0.25, 0.3) is 0 Å². The lowest BCUT2D eigenvalue weighted by Gasteiger charge is -2.55. The summed E-state index contributed by atoms with van der Waals surface area (Å²) in [6.45, 7) is 0. The molecule has 32 heavy (non-hydrogen) atoms. The molecule has 2 aromatic carbocycles. The van der Waals surface area contributed by atoms with Crippen LogP contribution < -0.4 is 4.74 Å². The Balaban J connectivity index is 1.23. The highest BCUT2D eigenvalue weighted by Gasteiger charge is 2.55. The smallest absolute Gasteiger partial charge is 0.317 e. The quantitative estimate of drug-likeness (QED) is 0.286. The number of hydrogen-bond acceptors (Lipinski definition) is 2. The fourth-order valence-corrected chi connectivity index (χ4v) is 12.3. The van der Waals surface area contributed by atoms with E-state index in [0.717, 1.165) is 58.7 Å². The van der Waals surface area contributed by atoms with Gasteiger partial charge in [-0.05, 0) is 113 Å². The Morgan fingerprint density at radius 2 is 1.34 bits per heavy atom. The normalized spacial score (nSPS) is 39.9. The molecular weight excluding hydrogens is 412 g/mol. The van der Waals surface area contributed by atoms with Crippen LogP contribution in [0.4, 0.5) is 0 Å². The third-order valence-corrected chi connectivity index (χ3v) is 12.8. The zero-order valence-electron chi connectivity index (χ0n) is 19.1. The molecule has 6 aliphatic rings. The molecule has 0 atom stereocenters. The number of esters is 1. The van der Waals surface area contributed by atoms with Gasteiger partial charge in [-0.2, -0.15) is 0 Å². The van der Waals surface area contributed by atoms with Crippen LogP contribution in [0.5, 0.6) is 5.75 Å². The van der Waals surface area contributed by atoms with Crippen LogP contribution in [0.2, 0.25) is 0 Å². The van der Waals surface area contributed by atoms with Crippen molar-refractivity contribution in [1.29, 1.82) is 0 Å². The first-order valence-corrected chi connectivity index (χ1v) is 14.5. The maximum absolute atomic E-state index is 13.6. The first-order valence-electron chi connectivity index (χ1n) is 13.1. The molecule has 0 amide bonds. The molecule has 0 aromatic heterocycles. The molecule has 0 unspecified atom stereocenters. The SMILES string of the molecule is O=C(Oc1ccc([S+]2C3CCCC2CCC3)c2ccccc12)C12CC3CC(CC(C3)C1)C2. The van der Waals surface area contributed by atoms with Crippen molar-refractivity contribution in [3.8, 4) is 5.75 Å². The van der Waals surface area contributed by atoms with Gasteiger partial charge in [0, 0.05) is 21.7 Å². The van der Waals surface area contributed by atoms with Gasteiger partial charge in [-0.25, -0.2) is 0 Å². The van der Waals surface area contributed by atoms with Gasteiger partial charge in [0.2, 0.25) is 0 Å². The number of rotatable bonds is 3. The summed E-state index contributed by atoms with van der Waals surface area (Å²) in [7, 11) is 0.351. The van der Waals surface area contributed by atoms with Crippen LogP contribution in [0.15, 0.2) is 41.3 Å². The minimum absolute atomic E-state index is 0.0755. The van der Waals surface area contributed by atoms with Crippen molar-refractivity contribution >= 4 is 27.6 Å². The summed E-state index contributed by atoms with van der Waals surface area (Å²) in [5.41, 5.74) is -0.198. The monoisotopic (exact) mass is 447 g/mol. The molecule has 4 aliphatic carbocycles. The van der Waals surface area contributed by atoms with E-state index >= 15 is 0 Å². The number of ether oxygens (including phenoxy) is 1. The van der Waals surface area contributed by atoms with Gasteiger partial charge in [-0.1, -0.05) is 18.2 Å². The minimum Gasteiger partial charge on any atom is -0.425 e. The predicted molar refractivity (Wildman–Crippen MR) is 131 cm³/mol. The molecule has 2 heterocycles. The summed E-state index contributed by atoms with van der Waals surface area (Å²) in [5.74, 6) is 3.17. The lowest BCUT2D eigenvalue weighted by atomic mass is 9.49. The first kappa shape index (κ1) is 19.9. The number of fused-ring (bicyclic) bond motifs is 3. The zero-order chi connectivity index (χ0) is 21.3. The van der Waals surface area contributed by atoms with Crippen LogP contribution in [-0.4, -0.2) is 16.5 Å². The number of carbonyl (C=O) groups excluding carboxylic acids is 1. The van der Waals surface area contributed by atoms with E-state index in [2.05, 4.69) is 36.4 Å². The highest BCUT2D eigenvalue weighted by molar-refractivity contribution is 7.98. The predicted octanol–water partition coefficient (Wildman–Crippen LogP) is 7.04. The molecule has 168 valence electrons. The zero-order valence-corrected chi connectivity index (χ0v) is 19.9. The second-order valence-electron chi connectivity index (χ2n) is 11.7. The number of hydrogen-bond donors (Lipinski definition) is 0. The third-order valence-electron chi connectivity index (χ3n) is 9.59. The van der Waals surface area contributed by atoms with Crippen LogP contribution in [0.25, 0.3) is 10.8 Å². The second kappa shape index (κ2) is 7.52. The molecule has 2 aliphatic heterocycles. The topological polar surface area (TPSA) is 26.3 Å². The van der Waals surface area contributed by atoms with Crippen LogP contribution in [0.3, 0.4) is 0 Å². The van der Waals surface area contributed by atoms with E-state index in [4.69, 9.17) is 4.74 Å². The molecule has 4 saturated carbocycles. The van der Waals surface area contributed by atoms with Crippen molar-refractivity contribution < 1.29 is 9.53 Å². The van der Waals surface area contributed by atoms with E-state index in [0.29, 0.717) is 10.9 Å². The minimum atomic E-state index is -0.198. The van der Waals surface area contributed by atoms with Crippen molar-refractivity contribution in [2.24, 2.45) is 23.2 Å². The van der Waals surface area contributed by atoms with Crippen molar-refractivity contribution in [2.75, 3.05) is 0 Å². The Kier molecular flexibility index (Phi) is 4.68. The average molecular weight is 448 g/mol. The Bertz CT molecular complexity index is 1000. The molecule has 6 bridgehead atoms. The molecule has 0 N–H and O–H groups in total. The molecule has 2 saturated heterocycles. The maximum atomic E-state index is 13.6. The van der Waals surface area contributed by atoms with Gasteiger partial charge in [0.1, 0.15) is 16.2 Å². The highest BCUT2D eigenvalue weighted by atomic mass is 32.2. The lowest BCUT2D eigenvalue weighted by molar-refractivity contribution is -0.161. The second-order valence-corrected chi connectivity index (χ2v) is 14.2. The summed E-state index contributed by atoms with van der Waals surface area (Å²) in [4.78, 5) is 15.2. The fourth-order valence-electron chi connectivity index (χ4n) is 8.68. The van der Waals surface area contributed by atoms with Crippen molar-refractivity contribution in [1.82, 2.24) is 0 Å². The average Bonchev–Trinajstić information content (AvgIpc) is 2.78. The van der Waals surface area contributed by atoms with Crippen LogP contribution in [0, 0.1) is 23.2 Å². The van der Waals surface area contributed by atoms with Crippen LogP contribution in [0.1, 0.15) is 77.0 Å². The van der Waals surface area contributed by atoms with Gasteiger partial charge in [-0.3, -0.25) is 4.79 Å². The number of benzene rings is 2. The molecule has 3 heteroatoms. The van der Waals surface area contributed by atoms with E-state index in [-0.39, 0.29) is 11.4 Å². The molecule has 2 nitrogen and oxygen atoms in total. The van der Waals surface area contributed by atoms with E-state index in [1.165, 1.54) is 63.2 Å². The van der Waals surface area contributed by atoms with Crippen molar-refractivity contribution in [2.45, 2.75) is 92.4 Å². The molecule has 2 aromatic rings. The Labute approximate surface area is 194 Å². The molecule has 6 fully saturated rings. The van der Waals surface area contributed by atoms with E-state index in [1.54, 1.807) is 4.90 Å². The maximum Gasteiger partial charge on any atom is 0.317 e. The summed E-state index contributed by atoms with van der Waals surface area (Å²) in [6.07, 6.45) is 15.7.